The lowest BCUT2D eigenvalue weighted by molar-refractivity contribution is 0.276. The summed E-state index contributed by atoms with van der Waals surface area (Å²) in [5.41, 5.74) is 2.56. The molecule has 0 bridgehead atoms. The van der Waals surface area contributed by atoms with Crippen molar-refractivity contribution in [3.05, 3.63) is 94.3 Å². The van der Waals surface area contributed by atoms with Crippen LogP contribution in [-0.2, 0) is 19.6 Å². The Morgan fingerprint density at radius 2 is 1.75 bits per heavy atom. The Kier molecular flexibility index (Phi) is 7.29. The summed E-state index contributed by atoms with van der Waals surface area (Å²) < 4.78 is 25.4. The molecule has 0 radical (unpaired) electrons. The molecular weight excluding hydrogens is 377 g/mol. The molecule has 0 unspecified atom stereocenters. The minimum atomic E-state index is -0.384. The molecule has 0 atom stereocenters. The SMILES string of the molecule is COc1cccc(CNCCc2ccccc2)c1OCc1c(F)cccc1Cl. The zero-order valence-electron chi connectivity index (χ0n) is 15.8. The molecule has 0 saturated heterocycles. The second kappa shape index (κ2) is 10.1. The van der Waals surface area contributed by atoms with Crippen LogP contribution in [0.2, 0.25) is 5.02 Å². The molecule has 5 heteroatoms. The molecule has 146 valence electrons. The molecule has 0 saturated carbocycles. The van der Waals surface area contributed by atoms with Gasteiger partial charge in [0.2, 0.25) is 0 Å². The van der Waals surface area contributed by atoms with Gasteiger partial charge >= 0.3 is 0 Å². The van der Waals surface area contributed by atoms with Crippen LogP contribution in [0.25, 0.3) is 0 Å². The summed E-state index contributed by atoms with van der Waals surface area (Å²) in [6.07, 6.45) is 0.936. The first-order chi connectivity index (χ1) is 13.7. The number of nitrogens with one attached hydrogen (secondary N) is 1. The number of benzene rings is 3. The molecule has 0 aromatic heterocycles. The second-order valence-electron chi connectivity index (χ2n) is 6.35. The van der Waals surface area contributed by atoms with Gasteiger partial charge in [0.25, 0.3) is 0 Å². The van der Waals surface area contributed by atoms with E-state index in [-0.39, 0.29) is 12.4 Å². The molecular formula is C23H23ClFNO2. The number of hydrogen-bond donors (Lipinski definition) is 1. The van der Waals surface area contributed by atoms with Crippen molar-refractivity contribution in [3.8, 4) is 11.5 Å². The van der Waals surface area contributed by atoms with E-state index in [0.29, 0.717) is 28.6 Å². The van der Waals surface area contributed by atoms with Crippen LogP contribution in [0, 0.1) is 5.82 Å². The monoisotopic (exact) mass is 399 g/mol. The molecule has 0 heterocycles. The molecule has 0 fully saturated rings. The Morgan fingerprint density at radius 1 is 0.964 bits per heavy atom. The van der Waals surface area contributed by atoms with E-state index in [1.165, 1.54) is 11.6 Å². The van der Waals surface area contributed by atoms with Crippen LogP contribution in [0.15, 0.2) is 66.7 Å². The Hall–Kier alpha value is -2.56. The van der Waals surface area contributed by atoms with Gasteiger partial charge in [0.1, 0.15) is 12.4 Å². The van der Waals surface area contributed by atoms with Crippen molar-refractivity contribution >= 4 is 11.6 Å². The first-order valence-electron chi connectivity index (χ1n) is 9.15. The minimum Gasteiger partial charge on any atom is -0.493 e. The van der Waals surface area contributed by atoms with Crippen LogP contribution >= 0.6 is 11.6 Å². The smallest absolute Gasteiger partial charge is 0.166 e. The molecule has 0 aliphatic carbocycles. The topological polar surface area (TPSA) is 30.5 Å². The molecule has 3 rings (SSSR count). The van der Waals surface area contributed by atoms with Crippen molar-refractivity contribution in [1.29, 1.82) is 0 Å². The quantitative estimate of drug-likeness (QED) is 0.489. The second-order valence-corrected chi connectivity index (χ2v) is 6.76. The van der Waals surface area contributed by atoms with E-state index in [1.54, 1.807) is 19.2 Å². The first-order valence-corrected chi connectivity index (χ1v) is 9.53. The van der Waals surface area contributed by atoms with Gasteiger partial charge in [-0.3, -0.25) is 0 Å². The number of rotatable bonds is 9. The normalized spacial score (nSPS) is 10.7. The van der Waals surface area contributed by atoms with Gasteiger partial charge < -0.3 is 14.8 Å². The largest absolute Gasteiger partial charge is 0.493 e. The average molecular weight is 400 g/mol. The third kappa shape index (κ3) is 5.24. The van der Waals surface area contributed by atoms with Crippen LogP contribution < -0.4 is 14.8 Å². The van der Waals surface area contributed by atoms with Crippen molar-refractivity contribution in [2.75, 3.05) is 13.7 Å². The summed E-state index contributed by atoms with van der Waals surface area (Å²) in [4.78, 5) is 0. The number of para-hydroxylation sites is 1. The van der Waals surface area contributed by atoms with E-state index in [0.717, 1.165) is 18.5 Å². The van der Waals surface area contributed by atoms with Gasteiger partial charge in [-0.1, -0.05) is 60.1 Å². The van der Waals surface area contributed by atoms with Crippen LogP contribution in [0.3, 0.4) is 0 Å². The standard InChI is InChI=1S/C23H23ClFNO2/c1-27-22-12-5-9-18(15-26-14-13-17-7-3-2-4-8-17)23(22)28-16-19-20(24)10-6-11-21(19)25/h2-12,26H,13-16H2,1H3. The fourth-order valence-corrected chi connectivity index (χ4v) is 3.16. The van der Waals surface area contributed by atoms with Crippen LogP contribution in [0.4, 0.5) is 4.39 Å². The molecule has 3 nitrogen and oxygen atoms in total. The van der Waals surface area contributed by atoms with E-state index in [9.17, 15) is 4.39 Å². The predicted octanol–water partition coefficient (Wildman–Crippen LogP) is 5.40. The van der Waals surface area contributed by atoms with Gasteiger partial charge in [-0.15, -0.1) is 0 Å². The molecule has 1 N–H and O–H groups in total. The van der Waals surface area contributed by atoms with E-state index in [4.69, 9.17) is 21.1 Å². The lowest BCUT2D eigenvalue weighted by Crippen LogP contribution is -2.17. The molecule has 3 aromatic rings. The average Bonchev–Trinajstić information content (AvgIpc) is 2.72. The van der Waals surface area contributed by atoms with Crippen LogP contribution in [0.5, 0.6) is 11.5 Å². The zero-order chi connectivity index (χ0) is 19.8. The fourth-order valence-electron chi connectivity index (χ4n) is 2.94. The summed E-state index contributed by atoms with van der Waals surface area (Å²) in [6, 6.07) is 20.6. The third-order valence-electron chi connectivity index (χ3n) is 4.45. The third-order valence-corrected chi connectivity index (χ3v) is 4.81. The van der Waals surface area contributed by atoms with E-state index >= 15 is 0 Å². The van der Waals surface area contributed by atoms with E-state index < -0.39 is 0 Å². The van der Waals surface area contributed by atoms with Gasteiger partial charge in [-0.25, -0.2) is 4.39 Å². The summed E-state index contributed by atoms with van der Waals surface area (Å²) in [5.74, 6) is 0.816. The molecule has 0 aliphatic heterocycles. The van der Waals surface area contributed by atoms with Gasteiger partial charge in [0.15, 0.2) is 11.5 Å². The van der Waals surface area contributed by atoms with Crippen molar-refractivity contribution in [2.24, 2.45) is 0 Å². The highest BCUT2D eigenvalue weighted by molar-refractivity contribution is 6.31. The summed E-state index contributed by atoms with van der Waals surface area (Å²) in [7, 11) is 1.59. The lowest BCUT2D eigenvalue weighted by Gasteiger charge is -2.16. The van der Waals surface area contributed by atoms with Gasteiger partial charge in [-0.2, -0.15) is 0 Å². The summed E-state index contributed by atoms with van der Waals surface area (Å²) >= 11 is 6.11. The number of methoxy groups -OCH3 is 1. The maximum Gasteiger partial charge on any atom is 0.166 e. The highest BCUT2D eigenvalue weighted by atomic mass is 35.5. The molecule has 0 spiro atoms. The van der Waals surface area contributed by atoms with Crippen molar-refractivity contribution in [1.82, 2.24) is 5.32 Å². The Morgan fingerprint density at radius 3 is 2.50 bits per heavy atom. The predicted molar refractivity (Wildman–Crippen MR) is 111 cm³/mol. The minimum absolute atomic E-state index is 0.0307. The lowest BCUT2D eigenvalue weighted by atomic mass is 10.1. The summed E-state index contributed by atoms with van der Waals surface area (Å²) in [6.45, 7) is 1.48. The maximum absolute atomic E-state index is 14.0. The zero-order valence-corrected chi connectivity index (χ0v) is 16.5. The fraction of sp³-hybridized carbons (Fsp3) is 0.217. The van der Waals surface area contributed by atoms with Crippen molar-refractivity contribution < 1.29 is 13.9 Å². The van der Waals surface area contributed by atoms with Gasteiger partial charge in [0, 0.05) is 17.7 Å². The Balaban J connectivity index is 1.66. The Labute approximate surface area is 170 Å². The van der Waals surface area contributed by atoms with Crippen LogP contribution in [-0.4, -0.2) is 13.7 Å². The summed E-state index contributed by atoms with van der Waals surface area (Å²) in [5, 5.41) is 3.77. The van der Waals surface area contributed by atoms with Crippen molar-refractivity contribution in [3.63, 3.8) is 0 Å². The molecule has 0 amide bonds. The highest BCUT2D eigenvalue weighted by Crippen LogP contribution is 2.32. The van der Waals surface area contributed by atoms with Gasteiger partial charge in [-0.05, 0) is 36.7 Å². The molecule has 28 heavy (non-hydrogen) atoms. The van der Waals surface area contributed by atoms with Crippen molar-refractivity contribution in [2.45, 2.75) is 19.6 Å². The number of ether oxygens (including phenoxy) is 2. The maximum atomic E-state index is 14.0. The molecule has 3 aromatic carbocycles. The van der Waals surface area contributed by atoms with Crippen LogP contribution in [0.1, 0.15) is 16.7 Å². The van der Waals surface area contributed by atoms with Gasteiger partial charge in [0.05, 0.1) is 12.1 Å². The molecule has 0 aliphatic rings. The number of hydrogen-bond acceptors (Lipinski definition) is 3. The van der Waals surface area contributed by atoms with E-state index in [1.807, 2.05) is 36.4 Å². The highest BCUT2D eigenvalue weighted by Gasteiger charge is 2.13. The number of halogens is 2. The first kappa shape index (κ1) is 20.2. The van der Waals surface area contributed by atoms with E-state index in [2.05, 4.69) is 17.4 Å². The Bertz CT molecular complexity index is 882.